The number of carbonyl (C=O) groups excluding carboxylic acids is 4. The van der Waals surface area contributed by atoms with Gasteiger partial charge < -0.3 is 24.4 Å². The minimum atomic E-state index is -5.19. The molecule has 0 radical (unpaired) electrons. The number of alkyl halides is 3. The Labute approximate surface area is 243 Å². The van der Waals surface area contributed by atoms with Crippen LogP contribution in [0.5, 0.6) is 0 Å². The zero-order valence-electron chi connectivity index (χ0n) is 23.6. The number of amides is 1. The highest BCUT2D eigenvalue weighted by Gasteiger charge is 2.48. The topological polar surface area (TPSA) is 113 Å². The van der Waals surface area contributed by atoms with Crippen LogP contribution < -0.4 is 10.4 Å². The SMILES string of the molecule is CC(=O)O[C@H]1C[N+]2(CC(=O)c3ccccc3)CCC1CC2.O=C(Nc1ccccc1)C1CCCC1.O=C([O-])C(F)(F)F. The highest BCUT2D eigenvalue weighted by Crippen LogP contribution is 2.35. The number of ether oxygens (including phenoxy) is 1. The molecule has 2 bridgehead atoms. The van der Waals surface area contributed by atoms with Crippen molar-refractivity contribution >= 4 is 29.3 Å². The van der Waals surface area contributed by atoms with Gasteiger partial charge in [-0.25, -0.2) is 0 Å². The van der Waals surface area contributed by atoms with E-state index >= 15 is 0 Å². The maximum absolute atomic E-state index is 12.5. The fraction of sp³-hybridized carbons (Fsp3) is 0.484. The third-order valence-electron chi connectivity index (χ3n) is 7.93. The van der Waals surface area contributed by atoms with Crippen LogP contribution in [-0.2, 0) is 19.1 Å². The van der Waals surface area contributed by atoms with Crippen LogP contribution in [0.2, 0.25) is 0 Å². The van der Waals surface area contributed by atoms with E-state index < -0.39 is 12.1 Å². The summed E-state index contributed by atoms with van der Waals surface area (Å²) in [5.41, 5.74) is 1.69. The van der Waals surface area contributed by atoms with Crippen molar-refractivity contribution < 1.29 is 46.7 Å². The predicted octanol–water partition coefficient (Wildman–Crippen LogP) is 4.16. The van der Waals surface area contributed by atoms with E-state index in [1.165, 1.54) is 19.8 Å². The van der Waals surface area contributed by atoms with Crippen LogP contribution >= 0.6 is 0 Å². The van der Waals surface area contributed by atoms with E-state index in [1.54, 1.807) is 0 Å². The second-order valence-electron chi connectivity index (χ2n) is 11.0. The first-order chi connectivity index (χ1) is 19.9. The summed E-state index contributed by atoms with van der Waals surface area (Å²) in [6.45, 7) is 4.84. The van der Waals surface area contributed by atoms with Crippen LogP contribution in [0, 0.1) is 11.8 Å². The van der Waals surface area contributed by atoms with Crippen LogP contribution in [0.3, 0.4) is 0 Å². The van der Waals surface area contributed by atoms with Crippen LogP contribution in [0.1, 0.15) is 55.8 Å². The van der Waals surface area contributed by atoms with Gasteiger partial charge in [0, 0.05) is 42.9 Å². The Balaban J connectivity index is 0.000000198. The van der Waals surface area contributed by atoms with Crippen molar-refractivity contribution in [1.82, 2.24) is 0 Å². The molecule has 3 saturated heterocycles. The maximum Gasteiger partial charge on any atom is 0.430 e. The lowest BCUT2D eigenvalue weighted by molar-refractivity contribution is -0.938. The third kappa shape index (κ3) is 9.97. The molecular formula is C31H37F3N2O6. The number of aliphatic carboxylic acids is 1. The molecule has 8 nitrogen and oxygen atoms in total. The normalized spacial score (nSPS) is 23.0. The minimum Gasteiger partial charge on any atom is -0.542 e. The molecule has 1 amide bonds. The number of carboxylic acid groups (broad SMARTS) is 1. The molecule has 1 aliphatic carbocycles. The Bertz CT molecular complexity index is 1190. The Morgan fingerprint density at radius 1 is 0.905 bits per heavy atom. The van der Waals surface area contributed by atoms with E-state index in [2.05, 4.69) is 5.32 Å². The molecule has 0 unspecified atom stereocenters. The second kappa shape index (κ2) is 14.9. The first-order valence-corrected chi connectivity index (χ1v) is 14.1. The van der Waals surface area contributed by atoms with Crippen LogP contribution in [0.15, 0.2) is 60.7 Å². The molecule has 2 aromatic carbocycles. The Kier molecular flexibility index (Phi) is 11.7. The number of carboxylic acids is 1. The van der Waals surface area contributed by atoms with Crippen LogP contribution in [-0.4, -0.2) is 66.6 Å². The summed E-state index contributed by atoms with van der Waals surface area (Å²) >= 11 is 0. The number of carbonyl (C=O) groups is 4. The number of Topliss-reactive ketones (excluding diaryl/α,β-unsaturated/α-hetero) is 1. The zero-order chi connectivity index (χ0) is 30.8. The van der Waals surface area contributed by atoms with Gasteiger partial charge in [0.2, 0.25) is 11.7 Å². The van der Waals surface area contributed by atoms with E-state index in [9.17, 15) is 27.6 Å². The first-order valence-electron chi connectivity index (χ1n) is 14.1. The summed E-state index contributed by atoms with van der Waals surface area (Å²) in [6.07, 6.45) is 1.42. The molecule has 0 aromatic heterocycles. The number of piperidine rings is 3. The smallest absolute Gasteiger partial charge is 0.430 e. The number of esters is 1. The average molecular weight is 591 g/mol. The van der Waals surface area contributed by atoms with Gasteiger partial charge in [-0.1, -0.05) is 61.4 Å². The highest BCUT2D eigenvalue weighted by molar-refractivity contribution is 5.97. The Morgan fingerprint density at radius 2 is 1.43 bits per heavy atom. The van der Waals surface area contributed by atoms with Gasteiger partial charge in [-0.2, -0.15) is 13.2 Å². The van der Waals surface area contributed by atoms with Crippen LogP contribution in [0.4, 0.5) is 18.9 Å². The van der Waals surface area contributed by atoms with E-state index in [1.807, 2.05) is 60.7 Å². The summed E-state index contributed by atoms with van der Waals surface area (Å²) in [4.78, 5) is 44.2. The molecule has 42 heavy (non-hydrogen) atoms. The molecular weight excluding hydrogens is 553 g/mol. The third-order valence-corrected chi connectivity index (χ3v) is 7.93. The monoisotopic (exact) mass is 590 g/mol. The largest absolute Gasteiger partial charge is 0.542 e. The molecule has 6 rings (SSSR count). The van der Waals surface area contributed by atoms with Gasteiger partial charge >= 0.3 is 12.1 Å². The van der Waals surface area contributed by atoms with Gasteiger partial charge in [0.05, 0.1) is 13.1 Å². The zero-order valence-corrected chi connectivity index (χ0v) is 23.6. The molecule has 4 aliphatic rings. The van der Waals surface area contributed by atoms with Crippen molar-refractivity contribution in [3.63, 3.8) is 0 Å². The van der Waals surface area contributed by atoms with Gasteiger partial charge in [-0.15, -0.1) is 0 Å². The summed E-state index contributed by atoms with van der Waals surface area (Å²) < 4.78 is 37.8. The lowest BCUT2D eigenvalue weighted by Crippen LogP contribution is -2.65. The van der Waals surface area contributed by atoms with Crippen LogP contribution in [0.25, 0.3) is 0 Å². The quantitative estimate of drug-likeness (QED) is 0.307. The summed E-state index contributed by atoms with van der Waals surface area (Å²) in [5, 5.41) is 11.7. The number of para-hydroxylation sites is 1. The number of halogens is 3. The number of anilines is 1. The highest BCUT2D eigenvalue weighted by atomic mass is 19.4. The van der Waals surface area contributed by atoms with Gasteiger partial charge in [0.15, 0.2) is 6.10 Å². The average Bonchev–Trinajstić information content (AvgIpc) is 3.50. The molecule has 228 valence electrons. The fourth-order valence-electron chi connectivity index (χ4n) is 5.76. The molecule has 1 atom stereocenters. The summed E-state index contributed by atoms with van der Waals surface area (Å²) in [7, 11) is 0. The number of quaternary nitrogens is 1. The number of hydrogen-bond acceptors (Lipinski definition) is 6. The standard InChI is InChI=1S/C17H22NO3.C12H15NO.C2HF3O2/c1-13(19)21-17-12-18(9-7-15(17)8-10-18)11-16(20)14-5-3-2-4-6-14;14-12(10-6-4-5-7-10)13-11-8-2-1-3-9-11;3-2(4,5)1(6)7/h2-6,15,17H,7-12H2,1H3;1-3,8-10H,4-7H2,(H,13,14);(H,6,7)/q+1;;/p-1/t15?,17-,18?;;/m0../s1. The fourth-order valence-corrected chi connectivity index (χ4v) is 5.76. The van der Waals surface area contributed by atoms with Gasteiger partial charge in [-0.3, -0.25) is 14.4 Å². The number of benzene rings is 2. The van der Waals surface area contributed by atoms with Gasteiger partial charge in [0.25, 0.3) is 0 Å². The molecule has 2 aromatic rings. The van der Waals surface area contributed by atoms with Crippen molar-refractivity contribution in [2.24, 2.45) is 11.8 Å². The van der Waals surface area contributed by atoms with Gasteiger partial charge in [-0.05, 0) is 25.0 Å². The number of nitrogens with zero attached hydrogens (tertiary/aromatic N) is 1. The number of ketones is 1. The molecule has 1 saturated carbocycles. The van der Waals surface area contributed by atoms with E-state index in [4.69, 9.17) is 14.6 Å². The van der Waals surface area contributed by atoms with Crippen molar-refractivity contribution in [3.05, 3.63) is 66.2 Å². The number of rotatable bonds is 6. The Hall–Kier alpha value is -3.73. The van der Waals surface area contributed by atoms with Crippen molar-refractivity contribution in [1.29, 1.82) is 0 Å². The second-order valence-corrected chi connectivity index (χ2v) is 11.0. The molecule has 3 aliphatic heterocycles. The maximum atomic E-state index is 12.5. The van der Waals surface area contributed by atoms with Crippen molar-refractivity contribution in [2.45, 2.75) is 57.7 Å². The lowest BCUT2D eigenvalue weighted by Gasteiger charge is -2.51. The molecule has 0 spiro atoms. The Morgan fingerprint density at radius 3 is 1.93 bits per heavy atom. The molecule has 11 heteroatoms. The number of hydrogen-bond donors (Lipinski definition) is 1. The number of nitrogens with one attached hydrogen (secondary N) is 1. The predicted molar refractivity (Wildman–Crippen MR) is 147 cm³/mol. The van der Waals surface area contributed by atoms with Crippen molar-refractivity contribution in [2.75, 3.05) is 31.5 Å². The lowest BCUT2D eigenvalue weighted by atomic mass is 9.83. The summed E-state index contributed by atoms with van der Waals surface area (Å²) in [5.74, 6) is -2.10. The van der Waals surface area contributed by atoms with Gasteiger partial charge in [0.1, 0.15) is 19.1 Å². The summed E-state index contributed by atoms with van der Waals surface area (Å²) in [6, 6.07) is 19.1. The number of fused-ring (bicyclic) bond motifs is 3. The molecule has 4 fully saturated rings. The minimum absolute atomic E-state index is 0.00595. The van der Waals surface area contributed by atoms with E-state index in [-0.39, 0.29) is 29.7 Å². The molecule has 1 N–H and O–H groups in total. The first kappa shape index (κ1) is 32.8. The van der Waals surface area contributed by atoms with Crippen molar-refractivity contribution in [3.8, 4) is 0 Å². The molecule has 3 heterocycles. The van der Waals surface area contributed by atoms with E-state index in [0.717, 1.165) is 61.1 Å². The van der Waals surface area contributed by atoms with E-state index in [0.29, 0.717) is 12.5 Å².